The average molecular weight is 554 g/mol. The smallest absolute Gasteiger partial charge is 0.235 e. The first-order valence-corrected chi connectivity index (χ1v) is 17.5. The van der Waals surface area contributed by atoms with E-state index in [-0.39, 0.29) is 0 Å². The molecule has 0 atom stereocenters. The van der Waals surface area contributed by atoms with Crippen LogP contribution < -0.4 is 10.4 Å². The topological polar surface area (TPSA) is 30.7 Å². The normalized spacial score (nSPS) is 13.7. The van der Waals surface area contributed by atoms with Crippen molar-refractivity contribution >= 4 is 61.9 Å². The van der Waals surface area contributed by atoms with Gasteiger partial charge in [-0.1, -0.05) is 128 Å². The molecule has 0 spiro atoms. The molecule has 0 radical (unpaired) electrons. The fourth-order valence-electron chi connectivity index (χ4n) is 7.32. The van der Waals surface area contributed by atoms with Crippen LogP contribution in [0.3, 0.4) is 0 Å². The zero-order chi connectivity index (χ0) is 28.0. The van der Waals surface area contributed by atoms with Crippen molar-refractivity contribution in [1.29, 1.82) is 0 Å². The molecule has 0 fully saturated rings. The van der Waals surface area contributed by atoms with Gasteiger partial charge in [-0.05, 0) is 44.4 Å². The molecule has 0 bridgehead atoms. The van der Waals surface area contributed by atoms with Crippen LogP contribution in [0.1, 0.15) is 0 Å². The van der Waals surface area contributed by atoms with E-state index in [1.165, 1.54) is 48.6 Å². The predicted octanol–water partition coefficient (Wildman–Crippen LogP) is 8.35. The number of aromatic nitrogens is 3. The van der Waals surface area contributed by atoms with Gasteiger partial charge in [-0.25, -0.2) is 9.97 Å². The van der Waals surface area contributed by atoms with Gasteiger partial charge in [-0.3, -0.25) is 4.57 Å². The van der Waals surface area contributed by atoms with Crippen LogP contribution in [-0.4, -0.2) is 22.6 Å². The number of hydrogen-bond acceptors (Lipinski definition) is 2. The van der Waals surface area contributed by atoms with E-state index in [0.29, 0.717) is 5.95 Å². The van der Waals surface area contributed by atoms with Crippen molar-refractivity contribution in [3.8, 4) is 28.3 Å². The third-order valence-electron chi connectivity index (χ3n) is 9.17. The summed E-state index contributed by atoms with van der Waals surface area (Å²) in [5.74, 6) is 0.717. The fourth-order valence-corrected chi connectivity index (χ4v) is 10.7. The lowest BCUT2D eigenvalue weighted by Crippen LogP contribution is -2.56. The number of rotatable bonds is 2. The lowest BCUT2D eigenvalue weighted by atomic mass is 9.96. The minimum Gasteiger partial charge on any atom is -0.278 e. The van der Waals surface area contributed by atoms with Gasteiger partial charge >= 0.3 is 0 Å². The molecule has 0 amide bonds. The summed E-state index contributed by atoms with van der Waals surface area (Å²) in [5, 5.41) is 9.24. The Hall–Kier alpha value is -5.06. The standard InChI is InChI=1S/C38H27N3Si/c1-42(2)33-21-11-15-24-14-10-18-27(34(24)33)29-23-22-28-26-16-7-9-20-32(26)41(36(28)37(29)42)38-39-31-19-8-6-17-30(31)35(40-38)25-12-4-3-5-13-25/h3-23H,1-2H3. The lowest BCUT2D eigenvalue weighted by molar-refractivity contribution is 1.02. The third kappa shape index (κ3) is 3.10. The zero-order valence-corrected chi connectivity index (χ0v) is 24.5. The molecule has 0 aliphatic carbocycles. The van der Waals surface area contributed by atoms with Gasteiger partial charge in [0, 0.05) is 21.7 Å². The number of nitrogens with zero attached hydrogens (tertiary/aromatic N) is 3. The highest BCUT2D eigenvalue weighted by atomic mass is 28.3. The van der Waals surface area contributed by atoms with Gasteiger partial charge in [0.25, 0.3) is 0 Å². The van der Waals surface area contributed by atoms with E-state index in [1.807, 2.05) is 0 Å². The third-order valence-corrected chi connectivity index (χ3v) is 12.7. The van der Waals surface area contributed by atoms with E-state index in [2.05, 4.69) is 145 Å². The second-order valence-electron chi connectivity index (χ2n) is 11.8. The predicted molar refractivity (Wildman–Crippen MR) is 179 cm³/mol. The van der Waals surface area contributed by atoms with Crippen LogP contribution in [0.5, 0.6) is 0 Å². The molecule has 3 heterocycles. The molecule has 198 valence electrons. The largest absolute Gasteiger partial charge is 0.278 e. The van der Waals surface area contributed by atoms with Crippen molar-refractivity contribution < 1.29 is 0 Å². The molecular weight excluding hydrogens is 527 g/mol. The van der Waals surface area contributed by atoms with Crippen molar-refractivity contribution in [3.63, 3.8) is 0 Å². The highest BCUT2D eigenvalue weighted by molar-refractivity contribution is 7.04. The molecule has 0 saturated heterocycles. The van der Waals surface area contributed by atoms with E-state index in [1.54, 1.807) is 0 Å². The summed E-state index contributed by atoms with van der Waals surface area (Å²) in [5.41, 5.74) is 8.05. The summed E-state index contributed by atoms with van der Waals surface area (Å²) in [6.07, 6.45) is 0. The van der Waals surface area contributed by atoms with Gasteiger partial charge in [0.2, 0.25) is 5.95 Å². The van der Waals surface area contributed by atoms with Crippen molar-refractivity contribution in [2.45, 2.75) is 13.1 Å². The van der Waals surface area contributed by atoms with Crippen molar-refractivity contribution in [3.05, 3.63) is 127 Å². The molecular formula is C38H27N3Si. The van der Waals surface area contributed by atoms with Gasteiger partial charge in [0.05, 0.1) is 22.2 Å². The number of para-hydroxylation sites is 2. The summed E-state index contributed by atoms with van der Waals surface area (Å²) in [6, 6.07) is 45.9. The SMILES string of the molecule is C[Si]1(C)c2cccc3cccc(c23)-c2ccc3c4ccccc4n(-c4nc(-c5ccccc5)c5ccccc5n4)c3c21. The van der Waals surface area contributed by atoms with Crippen molar-refractivity contribution in [2.24, 2.45) is 0 Å². The van der Waals surface area contributed by atoms with Crippen LogP contribution in [0.4, 0.5) is 0 Å². The Morgan fingerprint density at radius 3 is 2.17 bits per heavy atom. The summed E-state index contributed by atoms with van der Waals surface area (Å²) < 4.78 is 2.35. The quantitative estimate of drug-likeness (QED) is 0.201. The van der Waals surface area contributed by atoms with Gasteiger partial charge in [-0.2, -0.15) is 0 Å². The van der Waals surface area contributed by atoms with E-state index in [0.717, 1.165) is 27.7 Å². The molecule has 0 saturated carbocycles. The Labute approximate surface area is 244 Å². The summed E-state index contributed by atoms with van der Waals surface area (Å²) in [7, 11) is -2.16. The molecule has 4 heteroatoms. The molecule has 6 aromatic carbocycles. The lowest BCUT2D eigenvalue weighted by Gasteiger charge is -2.34. The number of benzene rings is 6. The number of hydrogen-bond donors (Lipinski definition) is 0. The van der Waals surface area contributed by atoms with Crippen LogP contribution in [0.2, 0.25) is 13.1 Å². The Morgan fingerprint density at radius 1 is 0.571 bits per heavy atom. The Morgan fingerprint density at radius 2 is 1.31 bits per heavy atom. The molecule has 9 rings (SSSR count). The summed E-state index contributed by atoms with van der Waals surface area (Å²) in [4.78, 5) is 10.6. The molecule has 2 aromatic heterocycles. The van der Waals surface area contributed by atoms with Gasteiger partial charge in [0.1, 0.15) is 8.07 Å². The van der Waals surface area contributed by atoms with Crippen LogP contribution >= 0.6 is 0 Å². The van der Waals surface area contributed by atoms with E-state index >= 15 is 0 Å². The first kappa shape index (κ1) is 23.6. The maximum atomic E-state index is 5.36. The fraction of sp³-hybridized carbons (Fsp3) is 0.0526. The Kier molecular flexibility index (Phi) is 4.77. The maximum Gasteiger partial charge on any atom is 0.235 e. The minimum atomic E-state index is -2.16. The van der Waals surface area contributed by atoms with Crippen LogP contribution in [0, 0.1) is 0 Å². The van der Waals surface area contributed by atoms with Crippen molar-refractivity contribution in [1.82, 2.24) is 14.5 Å². The van der Waals surface area contributed by atoms with E-state index in [9.17, 15) is 0 Å². The van der Waals surface area contributed by atoms with Crippen LogP contribution in [0.25, 0.3) is 71.8 Å². The van der Waals surface area contributed by atoms with Crippen LogP contribution in [0.15, 0.2) is 127 Å². The first-order chi connectivity index (χ1) is 20.6. The Bertz CT molecular complexity index is 2380. The number of fused-ring (bicyclic) bond motifs is 7. The van der Waals surface area contributed by atoms with E-state index in [4.69, 9.17) is 9.97 Å². The average Bonchev–Trinajstić information content (AvgIpc) is 3.37. The highest BCUT2D eigenvalue weighted by Crippen LogP contribution is 2.40. The Balaban J connectivity index is 1.47. The molecule has 3 nitrogen and oxygen atoms in total. The summed E-state index contributed by atoms with van der Waals surface area (Å²) in [6.45, 7) is 5.02. The van der Waals surface area contributed by atoms with E-state index < -0.39 is 8.07 Å². The minimum absolute atomic E-state index is 0.717. The monoisotopic (exact) mass is 553 g/mol. The first-order valence-electron chi connectivity index (χ1n) is 14.5. The van der Waals surface area contributed by atoms with Crippen LogP contribution in [-0.2, 0) is 0 Å². The summed E-state index contributed by atoms with van der Waals surface area (Å²) >= 11 is 0. The molecule has 1 aliphatic rings. The van der Waals surface area contributed by atoms with Gasteiger partial charge < -0.3 is 0 Å². The molecule has 8 aromatic rings. The molecule has 42 heavy (non-hydrogen) atoms. The molecule has 1 aliphatic heterocycles. The van der Waals surface area contributed by atoms with Gasteiger partial charge in [0.15, 0.2) is 0 Å². The second-order valence-corrected chi connectivity index (χ2v) is 16.1. The highest BCUT2D eigenvalue weighted by Gasteiger charge is 2.38. The molecule has 0 N–H and O–H groups in total. The zero-order valence-electron chi connectivity index (χ0n) is 23.5. The van der Waals surface area contributed by atoms with Crippen molar-refractivity contribution in [2.75, 3.05) is 0 Å². The molecule has 0 unspecified atom stereocenters. The second kappa shape index (κ2) is 8.48. The maximum absolute atomic E-state index is 5.36. The van der Waals surface area contributed by atoms with Gasteiger partial charge in [-0.15, -0.1) is 0 Å².